The van der Waals surface area contributed by atoms with Gasteiger partial charge in [0, 0.05) is 6.04 Å². The smallest absolute Gasteiger partial charge is 0.332 e. The largest absolute Gasteiger partial charge is 0.464 e. The normalized spacial score (nSPS) is 19.9. The van der Waals surface area contributed by atoms with E-state index in [1.165, 1.54) is 19.3 Å². The van der Waals surface area contributed by atoms with Gasteiger partial charge in [0.05, 0.1) is 6.61 Å². The summed E-state index contributed by atoms with van der Waals surface area (Å²) in [7, 11) is 0. The molecule has 1 aliphatic carbocycles. The molecule has 0 radical (unpaired) electrons. The molecule has 5 heteroatoms. The minimum Gasteiger partial charge on any atom is -0.464 e. The van der Waals surface area contributed by atoms with E-state index in [2.05, 4.69) is 5.32 Å². The van der Waals surface area contributed by atoms with Crippen LogP contribution in [-0.4, -0.2) is 30.6 Å². The highest BCUT2D eigenvalue weighted by atomic mass is 16.5. The van der Waals surface area contributed by atoms with Gasteiger partial charge in [-0.3, -0.25) is 4.79 Å². The SMILES string of the molecule is CCOC(=O)C(N)C(=O)NC(C)C1CCCCC1. The van der Waals surface area contributed by atoms with Crippen molar-refractivity contribution in [1.29, 1.82) is 0 Å². The first-order chi connectivity index (χ1) is 8.56. The Hall–Kier alpha value is -1.10. The summed E-state index contributed by atoms with van der Waals surface area (Å²) in [5, 5.41) is 2.82. The average molecular weight is 256 g/mol. The summed E-state index contributed by atoms with van der Waals surface area (Å²) in [5.74, 6) is -0.602. The van der Waals surface area contributed by atoms with E-state index in [1.54, 1.807) is 6.92 Å². The minimum atomic E-state index is -1.21. The number of carbonyl (C=O) groups is 2. The van der Waals surface area contributed by atoms with Crippen LogP contribution in [0, 0.1) is 5.92 Å². The van der Waals surface area contributed by atoms with E-state index in [9.17, 15) is 9.59 Å². The van der Waals surface area contributed by atoms with E-state index in [1.807, 2.05) is 6.92 Å². The molecule has 1 fully saturated rings. The summed E-state index contributed by atoms with van der Waals surface area (Å²) in [4.78, 5) is 23.1. The maximum atomic E-state index is 11.8. The van der Waals surface area contributed by atoms with Crippen LogP contribution in [0.2, 0.25) is 0 Å². The van der Waals surface area contributed by atoms with Crippen molar-refractivity contribution in [3.63, 3.8) is 0 Å². The summed E-state index contributed by atoms with van der Waals surface area (Å²) in [6, 6.07) is -1.14. The van der Waals surface area contributed by atoms with Gasteiger partial charge in [0.25, 0.3) is 0 Å². The molecule has 0 bridgehead atoms. The molecular formula is C13H24N2O3. The van der Waals surface area contributed by atoms with Crippen molar-refractivity contribution in [3.8, 4) is 0 Å². The third kappa shape index (κ3) is 4.29. The van der Waals surface area contributed by atoms with Crippen molar-refractivity contribution in [3.05, 3.63) is 0 Å². The molecule has 18 heavy (non-hydrogen) atoms. The second-order valence-electron chi connectivity index (χ2n) is 4.93. The zero-order chi connectivity index (χ0) is 13.5. The molecule has 3 N–H and O–H groups in total. The molecule has 0 aromatic rings. The molecule has 104 valence electrons. The lowest BCUT2D eigenvalue weighted by Crippen LogP contribution is -2.51. The van der Waals surface area contributed by atoms with Crippen LogP contribution in [0.1, 0.15) is 46.0 Å². The number of carbonyl (C=O) groups excluding carboxylic acids is 2. The molecule has 0 saturated heterocycles. The lowest BCUT2D eigenvalue weighted by molar-refractivity contribution is -0.148. The lowest BCUT2D eigenvalue weighted by atomic mass is 9.84. The Morgan fingerprint density at radius 2 is 1.94 bits per heavy atom. The molecule has 1 amide bonds. The second kappa shape index (κ2) is 7.36. The van der Waals surface area contributed by atoms with E-state index in [-0.39, 0.29) is 12.6 Å². The first kappa shape index (κ1) is 15.0. The van der Waals surface area contributed by atoms with Crippen molar-refractivity contribution in [2.75, 3.05) is 6.61 Å². The van der Waals surface area contributed by atoms with Gasteiger partial charge in [0.1, 0.15) is 0 Å². The Balaban J connectivity index is 2.40. The zero-order valence-corrected chi connectivity index (χ0v) is 11.3. The van der Waals surface area contributed by atoms with Crippen LogP contribution in [0.4, 0.5) is 0 Å². The topological polar surface area (TPSA) is 81.4 Å². The van der Waals surface area contributed by atoms with E-state index < -0.39 is 17.9 Å². The average Bonchev–Trinajstić information content (AvgIpc) is 2.39. The molecule has 0 aromatic heterocycles. The Bertz CT molecular complexity index is 288. The van der Waals surface area contributed by atoms with E-state index in [4.69, 9.17) is 10.5 Å². The zero-order valence-electron chi connectivity index (χ0n) is 11.3. The van der Waals surface area contributed by atoms with Crippen LogP contribution < -0.4 is 11.1 Å². The fraction of sp³-hybridized carbons (Fsp3) is 0.846. The van der Waals surface area contributed by atoms with Crippen molar-refractivity contribution < 1.29 is 14.3 Å². The molecule has 0 aromatic carbocycles. The van der Waals surface area contributed by atoms with Crippen LogP contribution in [0.25, 0.3) is 0 Å². The Kier molecular flexibility index (Phi) is 6.12. The van der Waals surface area contributed by atoms with Gasteiger partial charge >= 0.3 is 5.97 Å². The van der Waals surface area contributed by atoms with Crippen LogP contribution in [-0.2, 0) is 14.3 Å². The van der Waals surface area contributed by atoms with Gasteiger partial charge < -0.3 is 15.8 Å². The number of ether oxygens (including phenoxy) is 1. The highest BCUT2D eigenvalue weighted by Crippen LogP contribution is 2.26. The third-order valence-electron chi connectivity index (χ3n) is 3.55. The summed E-state index contributed by atoms with van der Waals surface area (Å²) in [6.45, 7) is 3.90. The molecule has 1 saturated carbocycles. The highest BCUT2D eigenvalue weighted by Gasteiger charge is 2.27. The predicted octanol–water partition coefficient (Wildman–Crippen LogP) is 0.962. The van der Waals surface area contributed by atoms with Gasteiger partial charge in [0.15, 0.2) is 6.04 Å². The number of nitrogens with one attached hydrogen (secondary N) is 1. The molecule has 2 unspecified atom stereocenters. The van der Waals surface area contributed by atoms with Crippen LogP contribution in [0.3, 0.4) is 0 Å². The Morgan fingerprint density at radius 1 is 1.33 bits per heavy atom. The fourth-order valence-corrected chi connectivity index (χ4v) is 2.41. The van der Waals surface area contributed by atoms with Crippen molar-refractivity contribution in [1.82, 2.24) is 5.32 Å². The molecule has 0 spiro atoms. The van der Waals surface area contributed by atoms with Crippen molar-refractivity contribution in [2.24, 2.45) is 11.7 Å². The molecule has 0 heterocycles. The standard InChI is InChI=1S/C13H24N2O3/c1-3-18-13(17)11(14)12(16)15-9(2)10-7-5-4-6-8-10/h9-11H,3-8,14H2,1-2H3,(H,15,16). The van der Waals surface area contributed by atoms with Gasteiger partial charge in [0.2, 0.25) is 5.91 Å². The predicted molar refractivity (Wildman–Crippen MR) is 68.8 cm³/mol. The molecule has 2 atom stereocenters. The van der Waals surface area contributed by atoms with E-state index >= 15 is 0 Å². The van der Waals surface area contributed by atoms with Crippen LogP contribution >= 0.6 is 0 Å². The monoisotopic (exact) mass is 256 g/mol. The molecule has 1 aliphatic rings. The number of hydrogen-bond acceptors (Lipinski definition) is 4. The Morgan fingerprint density at radius 3 is 2.50 bits per heavy atom. The van der Waals surface area contributed by atoms with Crippen LogP contribution in [0.5, 0.6) is 0 Å². The fourth-order valence-electron chi connectivity index (χ4n) is 2.41. The summed E-state index contributed by atoms with van der Waals surface area (Å²) in [6.07, 6.45) is 5.98. The number of hydrogen-bond donors (Lipinski definition) is 2. The third-order valence-corrected chi connectivity index (χ3v) is 3.55. The van der Waals surface area contributed by atoms with Gasteiger partial charge in [-0.15, -0.1) is 0 Å². The summed E-state index contributed by atoms with van der Waals surface area (Å²) < 4.78 is 4.73. The van der Waals surface area contributed by atoms with Gasteiger partial charge in [-0.1, -0.05) is 19.3 Å². The molecule has 5 nitrogen and oxygen atoms in total. The summed E-state index contributed by atoms with van der Waals surface area (Å²) in [5.41, 5.74) is 5.54. The maximum absolute atomic E-state index is 11.8. The molecular weight excluding hydrogens is 232 g/mol. The van der Waals surface area contributed by atoms with Crippen molar-refractivity contribution >= 4 is 11.9 Å². The first-order valence-electron chi connectivity index (χ1n) is 6.78. The maximum Gasteiger partial charge on any atom is 0.332 e. The number of amides is 1. The number of rotatable bonds is 5. The number of esters is 1. The molecule has 0 aliphatic heterocycles. The second-order valence-corrected chi connectivity index (χ2v) is 4.93. The summed E-state index contributed by atoms with van der Waals surface area (Å²) >= 11 is 0. The Labute approximate surface area is 108 Å². The number of nitrogens with two attached hydrogens (primary N) is 1. The van der Waals surface area contributed by atoms with Crippen LogP contribution in [0.15, 0.2) is 0 Å². The highest BCUT2D eigenvalue weighted by molar-refractivity contribution is 6.01. The van der Waals surface area contributed by atoms with Gasteiger partial charge in [-0.2, -0.15) is 0 Å². The minimum absolute atomic E-state index is 0.0678. The van der Waals surface area contributed by atoms with Gasteiger partial charge in [-0.25, -0.2) is 4.79 Å². The molecule has 1 rings (SSSR count). The van der Waals surface area contributed by atoms with E-state index in [0.717, 1.165) is 12.8 Å². The van der Waals surface area contributed by atoms with Crippen molar-refractivity contribution in [2.45, 2.75) is 58.0 Å². The lowest BCUT2D eigenvalue weighted by Gasteiger charge is -2.28. The van der Waals surface area contributed by atoms with Gasteiger partial charge in [-0.05, 0) is 32.6 Å². The quantitative estimate of drug-likeness (QED) is 0.567. The first-order valence-corrected chi connectivity index (χ1v) is 6.78. The van der Waals surface area contributed by atoms with E-state index in [0.29, 0.717) is 5.92 Å².